The van der Waals surface area contributed by atoms with Gasteiger partial charge in [-0.3, -0.25) is 9.67 Å². The second-order valence-electron chi connectivity index (χ2n) is 5.31. The van der Waals surface area contributed by atoms with Crippen LogP contribution in [0, 0.1) is 0 Å². The molecule has 2 N–H and O–H groups in total. The van der Waals surface area contributed by atoms with E-state index in [4.69, 9.17) is 9.47 Å². The molecule has 0 fully saturated rings. The number of hydrogen-bond donors (Lipinski definition) is 2. The van der Waals surface area contributed by atoms with Crippen molar-refractivity contribution in [1.29, 1.82) is 0 Å². The van der Waals surface area contributed by atoms with Gasteiger partial charge in [-0.2, -0.15) is 5.10 Å². The van der Waals surface area contributed by atoms with Crippen LogP contribution < -0.4 is 20.1 Å². The quantitative estimate of drug-likeness (QED) is 0.377. The molecule has 1 aromatic heterocycles. The molecular formula is C17H26IN5O2. The Morgan fingerprint density at radius 3 is 2.52 bits per heavy atom. The van der Waals surface area contributed by atoms with Gasteiger partial charge in [-0.15, -0.1) is 24.0 Å². The first-order valence-electron chi connectivity index (χ1n) is 7.79. The number of aryl methyl sites for hydroxylation is 1. The molecule has 0 unspecified atom stereocenters. The van der Waals surface area contributed by atoms with E-state index >= 15 is 0 Å². The van der Waals surface area contributed by atoms with Gasteiger partial charge < -0.3 is 20.1 Å². The zero-order chi connectivity index (χ0) is 17.4. The van der Waals surface area contributed by atoms with Gasteiger partial charge in [0.1, 0.15) is 0 Å². The van der Waals surface area contributed by atoms with Crippen molar-refractivity contribution in [2.75, 3.05) is 27.8 Å². The fourth-order valence-electron chi connectivity index (χ4n) is 2.32. The van der Waals surface area contributed by atoms with Crippen LogP contribution >= 0.6 is 24.0 Å². The van der Waals surface area contributed by atoms with Gasteiger partial charge in [-0.25, -0.2) is 0 Å². The summed E-state index contributed by atoms with van der Waals surface area (Å²) < 4.78 is 12.4. The van der Waals surface area contributed by atoms with E-state index < -0.39 is 0 Å². The molecule has 0 atom stereocenters. The molecule has 1 heterocycles. The normalized spacial score (nSPS) is 10.8. The average molecular weight is 459 g/mol. The van der Waals surface area contributed by atoms with Gasteiger partial charge in [0.2, 0.25) is 0 Å². The number of benzene rings is 1. The summed E-state index contributed by atoms with van der Waals surface area (Å²) in [6.45, 7) is 1.43. The summed E-state index contributed by atoms with van der Waals surface area (Å²) in [5.74, 6) is 2.20. The number of rotatable bonds is 7. The highest BCUT2D eigenvalue weighted by Crippen LogP contribution is 2.27. The van der Waals surface area contributed by atoms with Crippen LogP contribution in [-0.4, -0.2) is 43.6 Å². The van der Waals surface area contributed by atoms with Crippen LogP contribution in [0.2, 0.25) is 0 Å². The molecule has 0 aliphatic rings. The van der Waals surface area contributed by atoms with Gasteiger partial charge in [0.15, 0.2) is 17.5 Å². The number of halogens is 1. The van der Waals surface area contributed by atoms with Gasteiger partial charge in [0.05, 0.1) is 20.4 Å². The molecule has 1 aromatic carbocycles. The minimum absolute atomic E-state index is 0. The Morgan fingerprint density at radius 1 is 1.16 bits per heavy atom. The van der Waals surface area contributed by atoms with Gasteiger partial charge in [-0.05, 0) is 29.7 Å². The number of guanidine groups is 1. The summed E-state index contributed by atoms with van der Waals surface area (Å²) in [5.41, 5.74) is 2.28. The fraction of sp³-hybridized carbons (Fsp3) is 0.412. The first-order valence-corrected chi connectivity index (χ1v) is 7.79. The minimum atomic E-state index is 0. The van der Waals surface area contributed by atoms with Crippen molar-refractivity contribution < 1.29 is 9.47 Å². The highest BCUT2D eigenvalue weighted by molar-refractivity contribution is 14.0. The lowest BCUT2D eigenvalue weighted by Crippen LogP contribution is -2.37. The molecule has 0 radical (unpaired) electrons. The first-order chi connectivity index (χ1) is 11.7. The Morgan fingerprint density at radius 2 is 1.92 bits per heavy atom. The predicted octanol–water partition coefficient (Wildman–Crippen LogP) is 1.96. The van der Waals surface area contributed by atoms with Crippen molar-refractivity contribution in [2.24, 2.45) is 12.0 Å². The van der Waals surface area contributed by atoms with Gasteiger partial charge in [-0.1, -0.05) is 6.07 Å². The van der Waals surface area contributed by atoms with Gasteiger partial charge in [0, 0.05) is 33.4 Å². The molecule has 0 spiro atoms. The lowest BCUT2D eigenvalue weighted by Gasteiger charge is -2.13. The summed E-state index contributed by atoms with van der Waals surface area (Å²) in [7, 11) is 6.94. The second kappa shape index (κ2) is 10.8. The van der Waals surface area contributed by atoms with E-state index in [1.165, 1.54) is 5.56 Å². The number of methoxy groups -OCH3 is 2. The van der Waals surface area contributed by atoms with E-state index in [1.807, 2.05) is 37.6 Å². The van der Waals surface area contributed by atoms with Crippen LogP contribution in [-0.2, 0) is 20.0 Å². The Hall–Kier alpha value is -1.97. The van der Waals surface area contributed by atoms with E-state index in [0.29, 0.717) is 6.54 Å². The zero-order valence-corrected chi connectivity index (χ0v) is 17.4. The van der Waals surface area contributed by atoms with E-state index in [2.05, 4.69) is 20.7 Å². The summed E-state index contributed by atoms with van der Waals surface area (Å²) in [5, 5.41) is 10.7. The second-order valence-corrected chi connectivity index (χ2v) is 5.31. The monoisotopic (exact) mass is 459 g/mol. The van der Waals surface area contributed by atoms with Crippen LogP contribution in [0.5, 0.6) is 11.5 Å². The largest absolute Gasteiger partial charge is 0.493 e. The fourth-order valence-corrected chi connectivity index (χ4v) is 2.32. The Bertz CT molecular complexity index is 687. The maximum Gasteiger partial charge on any atom is 0.191 e. The Kier molecular flexibility index (Phi) is 9.11. The van der Waals surface area contributed by atoms with Crippen LogP contribution in [0.3, 0.4) is 0 Å². The van der Waals surface area contributed by atoms with E-state index in [1.54, 1.807) is 25.9 Å². The van der Waals surface area contributed by atoms with E-state index in [9.17, 15) is 0 Å². The molecule has 0 bridgehead atoms. The topological polar surface area (TPSA) is 72.7 Å². The molecule has 25 heavy (non-hydrogen) atoms. The number of aliphatic imine (C=N–C) groups is 1. The molecular weight excluding hydrogens is 433 g/mol. The van der Waals surface area contributed by atoms with Gasteiger partial charge in [0.25, 0.3) is 0 Å². The maximum absolute atomic E-state index is 5.32. The van der Waals surface area contributed by atoms with Crippen molar-refractivity contribution in [2.45, 2.75) is 13.0 Å². The van der Waals surface area contributed by atoms with Gasteiger partial charge >= 0.3 is 0 Å². The summed E-state index contributed by atoms with van der Waals surface area (Å²) in [6.07, 6.45) is 4.79. The number of hydrogen-bond acceptors (Lipinski definition) is 4. The Balaban J connectivity index is 0.00000312. The van der Waals surface area contributed by atoms with E-state index in [0.717, 1.165) is 36.0 Å². The van der Waals surface area contributed by atoms with Crippen molar-refractivity contribution >= 4 is 29.9 Å². The highest BCUT2D eigenvalue weighted by Gasteiger charge is 2.05. The molecule has 0 amide bonds. The van der Waals surface area contributed by atoms with Crippen LogP contribution in [0.4, 0.5) is 0 Å². The Labute approximate surface area is 165 Å². The number of nitrogens with zero attached hydrogens (tertiary/aromatic N) is 3. The molecule has 8 heteroatoms. The van der Waals surface area contributed by atoms with Crippen LogP contribution in [0.25, 0.3) is 0 Å². The standard InChI is InChI=1S/C17H25N5O2.HI/c1-18-17(19-8-7-14-11-21-22(2)12-14)20-10-13-5-6-15(23-3)16(9-13)24-4;/h5-6,9,11-12H,7-8,10H2,1-4H3,(H2,18,19,20);1H. The highest BCUT2D eigenvalue weighted by atomic mass is 127. The van der Waals surface area contributed by atoms with E-state index in [-0.39, 0.29) is 24.0 Å². The van der Waals surface area contributed by atoms with Crippen molar-refractivity contribution in [3.63, 3.8) is 0 Å². The molecule has 2 rings (SSSR count). The zero-order valence-electron chi connectivity index (χ0n) is 15.1. The summed E-state index contributed by atoms with van der Waals surface area (Å²) in [6, 6.07) is 5.85. The predicted molar refractivity (Wildman–Crippen MR) is 110 cm³/mol. The number of nitrogens with one attached hydrogen (secondary N) is 2. The summed E-state index contributed by atoms with van der Waals surface area (Å²) >= 11 is 0. The minimum Gasteiger partial charge on any atom is -0.493 e. The SMILES string of the molecule is CN=C(NCCc1cnn(C)c1)NCc1ccc(OC)c(OC)c1.I. The number of aromatic nitrogens is 2. The molecule has 0 saturated carbocycles. The third kappa shape index (κ3) is 6.45. The molecule has 0 aliphatic heterocycles. The molecule has 7 nitrogen and oxygen atoms in total. The molecule has 138 valence electrons. The molecule has 2 aromatic rings. The van der Waals surface area contributed by atoms with Crippen LogP contribution in [0.15, 0.2) is 35.6 Å². The average Bonchev–Trinajstić information content (AvgIpc) is 3.02. The van der Waals surface area contributed by atoms with Crippen LogP contribution in [0.1, 0.15) is 11.1 Å². The van der Waals surface area contributed by atoms with Crippen molar-refractivity contribution in [3.05, 3.63) is 41.7 Å². The third-order valence-electron chi connectivity index (χ3n) is 3.60. The third-order valence-corrected chi connectivity index (χ3v) is 3.60. The van der Waals surface area contributed by atoms with Crippen molar-refractivity contribution in [1.82, 2.24) is 20.4 Å². The molecule has 0 aliphatic carbocycles. The van der Waals surface area contributed by atoms with Crippen molar-refractivity contribution in [3.8, 4) is 11.5 Å². The smallest absolute Gasteiger partial charge is 0.191 e. The lowest BCUT2D eigenvalue weighted by atomic mass is 10.2. The lowest BCUT2D eigenvalue weighted by molar-refractivity contribution is 0.354. The molecule has 0 saturated heterocycles. The summed E-state index contributed by atoms with van der Waals surface area (Å²) in [4.78, 5) is 4.23. The maximum atomic E-state index is 5.32. The first kappa shape index (κ1) is 21.1. The number of ether oxygens (including phenoxy) is 2.